The van der Waals surface area contributed by atoms with E-state index >= 15 is 0 Å². The van der Waals surface area contributed by atoms with E-state index in [4.69, 9.17) is 9.47 Å². The largest absolute Gasteiger partial charge is 0.457 e. The van der Waals surface area contributed by atoms with Crippen LogP contribution in [-0.4, -0.2) is 85.5 Å². The van der Waals surface area contributed by atoms with Crippen LogP contribution in [0.1, 0.15) is 10.4 Å². The first-order valence-electron chi connectivity index (χ1n) is 10.4. The Labute approximate surface area is 176 Å². The Hall–Kier alpha value is -2.90. The quantitative estimate of drug-likeness (QED) is 0.757. The standard InChI is InChI=1S/C23H27N3O4/c27-22(18-24-14-16-29-17-15-24)25-10-12-26(13-11-25)23(28)19-6-8-21(9-7-19)30-20-4-2-1-3-5-20/h1-9H,10-18H2. The predicted molar refractivity (Wildman–Crippen MR) is 113 cm³/mol. The van der Waals surface area contributed by atoms with E-state index in [9.17, 15) is 9.59 Å². The fraction of sp³-hybridized carbons (Fsp3) is 0.391. The molecule has 30 heavy (non-hydrogen) atoms. The molecule has 0 aliphatic carbocycles. The zero-order valence-electron chi connectivity index (χ0n) is 17.0. The number of carbonyl (C=O) groups excluding carboxylic acids is 2. The van der Waals surface area contributed by atoms with E-state index < -0.39 is 0 Å². The minimum Gasteiger partial charge on any atom is -0.457 e. The molecule has 0 spiro atoms. The Morgan fingerprint density at radius 2 is 1.37 bits per heavy atom. The number of hydrogen-bond acceptors (Lipinski definition) is 5. The first-order chi connectivity index (χ1) is 14.7. The molecule has 4 rings (SSSR count). The molecule has 0 bridgehead atoms. The summed E-state index contributed by atoms with van der Waals surface area (Å²) in [6.45, 7) is 5.65. The van der Waals surface area contributed by atoms with Gasteiger partial charge in [-0.25, -0.2) is 0 Å². The minimum atomic E-state index is -0.0125. The van der Waals surface area contributed by atoms with Gasteiger partial charge in [0, 0.05) is 44.8 Å². The molecule has 158 valence electrons. The van der Waals surface area contributed by atoms with Crippen LogP contribution in [0.2, 0.25) is 0 Å². The van der Waals surface area contributed by atoms with Crippen molar-refractivity contribution in [1.29, 1.82) is 0 Å². The Morgan fingerprint density at radius 1 is 0.767 bits per heavy atom. The van der Waals surface area contributed by atoms with Crippen LogP contribution in [0.4, 0.5) is 0 Å². The summed E-state index contributed by atoms with van der Waals surface area (Å²) in [5.74, 6) is 1.57. The number of hydrogen-bond donors (Lipinski definition) is 0. The van der Waals surface area contributed by atoms with Crippen molar-refractivity contribution >= 4 is 11.8 Å². The van der Waals surface area contributed by atoms with Gasteiger partial charge in [0.2, 0.25) is 5.91 Å². The van der Waals surface area contributed by atoms with Gasteiger partial charge in [0.25, 0.3) is 5.91 Å². The second kappa shape index (κ2) is 9.73. The van der Waals surface area contributed by atoms with Gasteiger partial charge in [-0.1, -0.05) is 18.2 Å². The van der Waals surface area contributed by atoms with Gasteiger partial charge in [0.05, 0.1) is 19.8 Å². The Balaban J connectivity index is 1.27. The van der Waals surface area contributed by atoms with E-state index in [0.29, 0.717) is 57.3 Å². The maximum atomic E-state index is 12.8. The molecule has 0 N–H and O–H groups in total. The monoisotopic (exact) mass is 409 g/mol. The number of para-hydroxylation sites is 1. The van der Waals surface area contributed by atoms with Crippen molar-refractivity contribution in [3.8, 4) is 11.5 Å². The molecule has 0 aromatic heterocycles. The summed E-state index contributed by atoms with van der Waals surface area (Å²) in [6.07, 6.45) is 0. The number of rotatable bonds is 5. The third-order valence-electron chi connectivity index (χ3n) is 5.46. The van der Waals surface area contributed by atoms with Gasteiger partial charge < -0.3 is 19.3 Å². The van der Waals surface area contributed by atoms with E-state index in [1.807, 2.05) is 52.3 Å². The van der Waals surface area contributed by atoms with Gasteiger partial charge in [0.1, 0.15) is 11.5 Å². The highest BCUT2D eigenvalue weighted by Crippen LogP contribution is 2.21. The van der Waals surface area contributed by atoms with Crippen LogP contribution in [-0.2, 0) is 9.53 Å². The van der Waals surface area contributed by atoms with Crippen LogP contribution in [0.25, 0.3) is 0 Å². The van der Waals surface area contributed by atoms with Crippen LogP contribution in [0.3, 0.4) is 0 Å². The van der Waals surface area contributed by atoms with Crippen molar-refractivity contribution in [1.82, 2.24) is 14.7 Å². The van der Waals surface area contributed by atoms with E-state index in [1.165, 1.54) is 0 Å². The first kappa shape index (κ1) is 20.4. The van der Waals surface area contributed by atoms with E-state index in [1.54, 1.807) is 12.1 Å². The lowest BCUT2D eigenvalue weighted by molar-refractivity contribution is -0.134. The Bertz CT molecular complexity index is 843. The van der Waals surface area contributed by atoms with Gasteiger partial charge in [-0.2, -0.15) is 0 Å². The van der Waals surface area contributed by atoms with Crippen LogP contribution in [0.15, 0.2) is 54.6 Å². The first-order valence-corrected chi connectivity index (χ1v) is 10.4. The van der Waals surface area contributed by atoms with Crippen molar-refractivity contribution in [2.45, 2.75) is 0 Å². The molecule has 2 amide bonds. The van der Waals surface area contributed by atoms with E-state index in [-0.39, 0.29) is 11.8 Å². The Kier molecular flexibility index (Phi) is 6.61. The highest BCUT2D eigenvalue weighted by Gasteiger charge is 2.26. The molecule has 2 aromatic carbocycles. The van der Waals surface area contributed by atoms with Crippen LogP contribution < -0.4 is 4.74 Å². The van der Waals surface area contributed by atoms with Crippen LogP contribution in [0.5, 0.6) is 11.5 Å². The summed E-state index contributed by atoms with van der Waals surface area (Å²) < 4.78 is 11.1. The third-order valence-corrected chi connectivity index (χ3v) is 5.46. The lowest BCUT2D eigenvalue weighted by atomic mass is 10.1. The fourth-order valence-corrected chi connectivity index (χ4v) is 3.68. The van der Waals surface area contributed by atoms with E-state index in [2.05, 4.69) is 4.90 Å². The topological polar surface area (TPSA) is 62.3 Å². The molecular weight excluding hydrogens is 382 g/mol. The zero-order chi connectivity index (χ0) is 20.8. The maximum absolute atomic E-state index is 12.8. The molecular formula is C23H27N3O4. The average Bonchev–Trinajstić information content (AvgIpc) is 2.80. The molecule has 2 aliphatic rings. The normalized spacial score (nSPS) is 17.6. The minimum absolute atomic E-state index is 0.0125. The molecule has 0 atom stereocenters. The number of nitrogens with zero attached hydrogens (tertiary/aromatic N) is 3. The Morgan fingerprint density at radius 3 is 2.03 bits per heavy atom. The molecule has 0 radical (unpaired) electrons. The third kappa shape index (κ3) is 5.17. The number of benzene rings is 2. The summed E-state index contributed by atoms with van der Waals surface area (Å²) in [6, 6.07) is 16.7. The summed E-state index contributed by atoms with van der Waals surface area (Å²) >= 11 is 0. The van der Waals surface area contributed by atoms with Crippen molar-refractivity contribution in [2.75, 3.05) is 59.0 Å². The molecule has 0 unspecified atom stereocenters. The number of ether oxygens (including phenoxy) is 2. The number of carbonyl (C=O) groups is 2. The van der Waals surface area contributed by atoms with Gasteiger partial charge in [-0.05, 0) is 36.4 Å². The molecule has 2 aliphatic heterocycles. The smallest absolute Gasteiger partial charge is 0.253 e. The highest BCUT2D eigenvalue weighted by atomic mass is 16.5. The lowest BCUT2D eigenvalue weighted by Gasteiger charge is -2.36. The molecule has 7 heteroatoms. The maximum Gasteiger partial charge on any atom is 0.253 e. The van der Waals surface area contributed by atoms with Crippen molar-refractivity contribution in [3.63, 3.8) is 0 Å². The molecule has 0 saturated carbocycles. The molecule has 7 nitrogen and oxygen atoms in total. The number of amides is 2. The van der Waals surface area contributed by atoms with Crippen LogP contribution in [0, 0.1) is 0 Å². The van der Waals surface area contributed by atoms with Crippen molar-refractivity contribution in [2.24, 2.45) is 0 Å². The SMILES string of the molecule is O=C(CN1CCOCC1)N1CCN(C(=O)c2ccc(Oc3ccccc3)cc2)CC1. The summed E-state index contributed by atoms with van der Waals surface area (Å²) in [7, 11) is 0. The molecule has 2 heterocycles. The van der Waals surface area contributed by atoms with Gasteiger partial charge in [0.15, 0.2) is 0 Å². The second-order valence-corrected chi connectivity index (χ2v) is 7.50. The summed E-state index contributed by atoms with van der Waals surface area (Å²) in [5, 5.41) is 0. The molecule has 2 saturated heterocycles. The van der Waals surface area contributed by atoms with Gasteiger partial charge >= 0.3 is 0 Å². The summed E-state index contributed by atoms with van der Waals surface area (Å²) in [4.78, 5) is 31.1. The van der Waals surface area contributed by atoms with Crippen LogP contribution >= 0.6 is 0 Å². The van der Waals surface area contributed by atoms with Gasteiger partial charge in [-0.3, -0.25) is 14.5 Å². The molecule has 2 fully saturated rings. The zero-order valence-corrected chi connectivity index (χ0v) is 17.0. The predicted octanol–water partition coefficient (Wildman–Crippen LogP) is 2.10. The summed E-state index contributed by atoms with van der Waals surface area (Å²) in [5.41, 5.74) is 0.628. The fourth-order valence-electron chi connectivity index (χ4n) is 3.68. The molecule has 2 aromatic rings. The highest BCUT2D eigenvalue weighted by molar-refractivity contribution is 5.94. The number of morpholine rings is 1. The number of piperazine rings is 1. The van der Waals surface area contributed by atoms with E-state index in [0.717, 1.165) is 18.8 Å². The average molecular weight is 409 g/mol. The van der Waals surface area contributed by atoms with Gasteiger partial charge in [-0.15, -0.1) is 0 Å². The van der Waals surface area contributed by atoms with Crippen molar-refractivity contribution in [3.05, 3.63) is 60.2 Å². The second-order valence-electron chi connectivity index (χ2n) is 7.50. The van der Waals surface area contributed by atoms with Crippen molar-refractivity contribution < 1.29 is 19.1 Å². The lowest BCUT2D eigenvalue weighted by Crippen LogP contribution is -2.53.